The topological polar surface area (TPSA) is 50.7 Å². The number of aliphatic hydroxyl groups excluding tert-OH is 1. The van der Waals surface area contributed by atoms with Gasteiger partial charge in [-0.3, -0.25) is 0 Å². The van der Waals surface area contributed by atoms with E-state index >= 15 is 0 Å². The molecule has 112 valence electrons. The smallest absolute Gasteiger partial charge is 0.127 e. The Bertz CT molecular complexity index is 604. The van der Waals surface area contributed by atoms with Gasteiger partial charge in [-0.1, -0.05) is 22.0 Å². The molecule has 2 aromatic carbocycles. The van der Waals surface area contributed by atoms with Crippen molar-refractivity contribution in [1.82, 2.24) is 0 Å². The van der Waals surface area contributed by atoms with Crippen LogP contribution in [0.3, 0.4) is 0 Å². The average molecular weight is 352 g/mol. The van der Waals surface area contributed by atoms with E-state index in [1.54, 1.807) is 20.3 Å². The highest BCUT2D eigenvalue weighted by Gasteiger charge is 2.16. The van der Waals surface area contributed by atoms with E-state index in [1.165, 1.54) is 0 Å². The van der Waals surface area contributed by atoms with Crippen molar-refractivity contribution in [3.8, 4) is 11.5 Å². The second kappa shape index (κ2) is 7.33. The first-order valence-corrected chi connectivity index (χ1v) is 7.32. The summed E-state index contributed by atoms with van der Waals surface area (Å²) in [7, 11) is 3.21. The lowest BCUT2D eigenvalue weighted by Gasteiger charge is -2.21. The van der Waals surface area contributed by atoms with Crippen LogP contribution in [0.5, 0.6) is 11.5 Å². The highest BCUT2D eigenvalue weighted by atomic mass is 79.9. The Morgan fingerprint density at radius 1 is 1.14 bits per heavy atom. The van der Waals surface area contributed by atoms with Gasteiger partial charge in [0.05, 0.1) is 26.9 Å². The third kappa shape index (κ3) is 3.89. The molecule has 5 heteroatoms. The van der Waals surface area contributed by atoms with Crippen molar-refractivity contribution >= 4 is 21.6 Å². The number of aliphatic hydroxyl groups is 1. The number of ether oxygens (including phenoxy) is 2. The van der Waals surface area contributed by atoms with Crippen LogP contribution >= 0.6 is 15.9 Å². The van der Waals surface area contributed by atoms with Crippen LogP contribution in [0, 0.1) is 0 Å². The summed E-state index contributed by atoms with van der Waals surface area (Å²) in [5, 5.41) is 13.0. The summed E-state index contributed by atoms with van der Waals surface area (Å²) in [6.45, 7) is -0.0464. The van der Waals surface area contributed by atoms with Crippen molar-refractivity contribution < 1.29 is 14.6 Å². The Labute approximate surface area is 132 Å². The van der Waals surface area contributed by atoms with Crippen LogP contribution in [0.1, 0.15) is 11.6 Å². The fourth-order valence-corrected chi connectivity index (χ4v) is 2.51. The van der Waals surface area contributed by atoms with Gasteiger partial charge in [0.25, 0.3) is 0 Å². The van der Waals surface area contributed by atoms with E-state index in [0.29, 0.717) is 5.75 Å². The molecular formula is C16H18BrNO3. The average Bonchev–Trinajstić information content (AvgIpc) is 2.52. The molecule has 21 heavy (non-hydrogen) atoms. The molecule has 0 fully saturated rings. The molecule has 0 spiro atoms. The molecule has 0 bridgehead atoms. The second-order valence-electron chi connectivity index (χ2n) is 4.50. The standard InChI is InChI=1S/C16H18BrNO3/c1-20-13-6-7-14(16(9-13)21-2)15(10-19)18-12-5-3-4-11(17)8-12/h3-9,15,18-19H,10H2,1-2H3. The molecule has 2 rings (SSSR count). The Morgan fingerprint density at radius 2 is 1.95 bits per heavy atom. The van der Waals surface area contributed by atoms with Gasteiger partial charge < -0.3 is 19.9 Å². The summed E-state index contributed by atoms with van der Waals surface area (Å²) in [5.74, 6) is 1.39. The molecule has 0 radical (unpaired) electrons. The molecule has 1 unspecified atom stereocenters. The van der Waals surface area contributed by atoms with E-state index in [-0.39, 0.29) is 12.6 Å². The molecule has 0 saturated heterocycles. The van der Waals surface area contributed by atoms with Crippen LogP contribution in [0.25, 0.3) is 0 Å². The first-order chi connectivity index (χ1) is 10.2. The molecular weight excluding hydrogens is 334 g/mol. The second-order valence-corrected chi connectivity index (χ2v) is 5.41. The van der Waals surface area contributed by atoms with Crippen molar-refractivity contribution in [2.75, 3.05) is 26.1 Å². The molecule has 1 atom stereocenters. The largest absolute Gasteiger partial charge is 0.497 e. The number of nitrogens with one attached hydrogen (secondary N) is 1. The Morgan fingerprint density at radius 3 is 2.57 bits per heavy atom. The van der Waals surface area contributed by atoms with Crippen molar-refractivity contribution in [2.24, 2.45) is 0 Å². The first kappa shape index (κ1) is 15.7. The lowest BCUT2D eigenvalue weighted by atomic mass is 10.1. The zero-order valence-corrected chi connectivity index (χ0v) is 13.6. The maximum Gasteiger partial charge on any atom is 0.127 e. The molecule has 0 heterocycles. The number of halogens is 1. The summed E-state index contributed by atoms with van der Waals surface area (Å²) in [6.07, 6.45) is 0. The molecule has 2 aromatic rings. The molecule has 0 amide bonds. The van der Waals surface area contributed by atoms with Crippen LogP contribution in [0.4, 0.5) is 5.69 Å². The fraction of sp³-hybridized carbons (Fsp3) is 0.250. The van der Waals surface area contributed by atoms with E-state index in [4.69, 9.17) is 9.47 Å². The van der Waals surface area contributed by atoms with Gasteiger partial charge >= 0.3 is 0 Å². The van der Waals surface area contributed by atoms with Crippen LogP contribution < -0.4 is 14.8 Å². The van der Waals surface area contributed by atoms with Crippen LogP contribution in [-0.2, 0) is 0 Å². The van der Waals surface area contributed by atoms with Gasteiger partial charge in [-0.2, -0.15) is 0 Å². The van der Waals surface area contributed by atoms with Gasteiger partial charge in [0.1, 0.15) is 11.5 Å². The van der Waals surface area contributed by atoms with Crippen molar-refractivity contribution in [1.29, 1.82) is 0 Å². The highest BCUT2D eigenvalue weighted by Crippen LogP contribution is 2.31. The maximum atomic E-state index is 9.70. The summed E-state index contributed by atoms with van der Waals surface area (Å²) in [6, 6.07) is 13.1. The molecule has 0 aromatic heterocycles. The number of methoxy groups -OCH3 is 2. The summed E-state index contributed by atoms with van der Waals surface area (Å²) >= 11 is 3.43. The van der Waals surface area contributed by atoms with E-state index < -0.39 is 0 Å². The van der Waals surface area contributed by atoms with E-state index in [9.17, 15) is 5.11 Å². The molecule has 0 saturated carbocycles. The number of anilines is 1. The zero-order valence-electron chi connectivity index (χ0n) is 12.0. The zero-order chi connectivity index (χ0) is 15.2. The fourth-order valence-electron chi connectivity index (χ4n) is 2.11. The molecule has 2 N–H and O–H groups in total. The Kier molecular flexibility index (Phi) is 5.47. The van der Waals surface area contributed by atoms with Crippen LogP contribution in [-0.4, -0.2) is 25.9 Å². The monoisotopic (exact) mass is 351 g/mol. The first-order valence-electron chi connectivity index (χ1n) is 6.52. The van der Waals surface area contributed by atoms with Crippen LogP contribution in [0.15, 0.2) is 46.9 Å². The molecule has 0 aliphatic rings. The van der Waals surface area contributed by atoms with Gasteiger partial charge in [-0.05, 0) is 30.3 Å². The SMILES string of the molecule is COc1ccc(C(CO)Nc2cccc(Br)c2)c(OC)c1. The summed E-state index contributed by atoms with van der Waals surface area (Å²) in [4.78, 5) is 0. The van der Waals surface area contributed by atoms with Gasteiger partial charge in [0.15, 0.2) is 0 Å². The Hall–Kier alpha value is -1.72. The van der Waals surface area contributed by atoms with Crippen molar-refractivity contribution in [2.45, 2.75) is 6.04 Å². The number of hydrogen-bond acceptors (Lipinski definition) is 4. The van der Waals surface area contributed by atoms with Gasteiger partial charge in [-0.15, -0.1) is 0 Å². The highest BCUT2D eigenvalue weighted by molar-refractivity contribution is 9.10. The predicted octanol–water partition coefficient (Wildman–Crippen LogP) is 3.61. The van der Waals surface area contributed by atoms with Crippen molar-refractivity contribution in [3.63, 3.8) is 0 Å². The minimum atomic E-state index is -0.264. The lowest BCUT2D eigenvalue weighted by molar-refractivity contribution is 0.273. The molecule has 0 aliphatic heterocycles. The third-order valence-electron chi connectivity index (χ3n) is 3.16. The van der Waals surface area contributed by atoms with Gasteiger partial charge in [0, 0.05) is 21.8 Å². The van der Waals surface area contributed by atoms with E-state index in [1.807, 2.05) is 36.4 Å². The minimum Gasteiger partial charge on any atom is -0.497 e. The Balaban J connectivity index is 2.28. The van der Waals surface area contributed by atoms with Crippen LogP contribution in [0.2, 0.25) is 0 Å². The quantitative estimate of drug-likeness (QED) is 0.834. The predicted molar refractivity (Wildman–Crippen MR) is 87.1 cm³/mol. The van der Waals surface area contributed by atoms with Gasteiger partial charge in [-0.25, -0.2) is 0 Å². The minimum absolute atomic E-state index is 0.0464. The van der Waals surface area contributed by atoms with Crippen molar-refractivity contribution in [3.05, 3.63) is 52.5 Å². The number of benzene rings is 2. The molecule has 0 aliphatic carbocycles. The number of hydrogen-bond donors (Lipinski definition) is 2. The van der Waals surface area contributed by atoms with E-state index in [0.717, 1.165) is 21.5 Å². The molecule has 4 nitrogen and oxygen atoms in total. The maximum absolute atomic E-state index is 9.70. The summed E-state index contributed by atoms with van der Waals surface area (Å²) in [5.41, 5.74) is 1.79. The number of rotatable bonds is 6. The normalized spacial score (nSPS) is 11.8. The lowest BCUT2D eigenvalue weighted by Crippen LogP contribution is -2.15. The summed E-state index contributed by atoms with van der Waals surface area (Å²) < 4.78 is 11.6. The van der Waals surface area contributed by atoms with Gasteiger partial charge in [0.2, 0.25) is 0 Å². The van der Waals surface area contributed by atoms with E-state index in [2.05, 4.69) is 21.2 Å². The third-order valence-corrected chi connectivity index (χ3v) is 3.66.